The van der Waals surface area contributed by atoms with Crippen LogP contribution in [0, 0.1) is 11.8 Å². The number of esters is 1. The van der Waals surface area contributed by atoms with Crippen molar-refractivity contribution >= 4 is 46.8 Å². The Morgan fingerprint density at radius 3 is 2.58 bits per heavy atom. The zero-order valence-corrected chi connectivity index (χ0v) is 22.3. The Morgan fingerprint density at radius 1 is 1.31 bits per heavy atom. The maximum Gasteiger partial charge on any atom is 0.311 e. The molecule has 1 aromatic rings. The summed E-state index contributed by atoms with van der Waals surface area (Å²) in [5, 5.41) is 10.8. The number of nitrogens with zero attached hydrogens (tertiary/aromatic N) is 2. The molecule has 4 rings (SSSR count). The normalized spacial score (nSPS) is 31.2. The van der Waals surface area contributed by atoms with E-state index >= 15 is 0 Å². The summed E-state index contributed by atoms with van der Waals surface area (Å²) >= 11 is 7.66. The highest BCUT2D eigenvalue weighted by Gasteiger charge is 2.78. The molecular weight excluding hydrogens is 500 g/mol. The van der Waals surface area contributed by atoms with Gasteiger partial charge in [0.15, 0.2) is 0 Å². The number of aliphatic hydroxyl groups excluding tert-OH is 1. The van der Waals surface area contributed by atoms with Gasteiger partial charge < -0.3 is 19.6 Å². The van der Waals surface area contributed by atoms with Crippen LogP contribution in [0.4, 0.5) is 5.69 Å². The summed E-state index contributed by atoms with van der Waals surface area (Å²) in [5.74, 6) is -2.33. The van der Waals surface area contributed by atoms with Crippen LogP contribution in [0.25, 0.3) is 0 Å². The average molecular weight is 533 g/mol. The lowest BCUT2D eigenvalue weighted by Crippen LogP contribution is -2.57. The number of amides is 2. The maximum atomic E-state index is 14.4. The minimum atomic E-state index is -0.841. The molecule has 1 N–H and O–H groups in total. The van der Waals surface area contributed by atoms with E-state index in [4.69, 9.17) is 16.3 Å². The van der Waals surface area contributed by atoms with Crippen LogP contribution >= 0.6 is 23.4 Å². The summed E-state index contributed by atoms with van der Waals surface area (Å²) in [6, 6.07) is 5.57. The predicted octanol–water partition coefficient (Wildman–Crippen LogP) is 3.84. The Balaban J connectivity index is 1.82. The summed E-state index contributed by atoms with van der Waals surface area (Å²) in [4.78, 5) is 44.9. The maximum absolute atomic E-state index is 14.4. The van der Waals surface area contributed by atoms with Crippen LogP contribution in [0.2, 0.25) is 5.02 Å². The molecule has 3 saturated heterocycles. The van der Waals surface area contributed by atoms with Crippen LogP contribution < -0.4 is 4.90 Å². The van der Waals surface area contributed by atoms with E-state index in [1.165, 1.54) is 6.08 Å². The second-order valence-corrected chi connectivity index (χ2v) is 12.2. The molecule has 9 heteroatoms. The highest BCUT2D eigenvalue weighted by atomic mass is 35.5. The van der Waals surface area contributed by atoms with Crippen molar-refractivity contribution in [3.63, 3.8) is 0 Å². The SMILES string of the molecule is C=CCOC(=O)[C@@H]1[C@H]2C(=O)N([C@@H](CC)CO)C(C(=O)N(CC=C)c3ccc(Cl)cc3)C23CC[C@@]1(C)S3. The Hall–Kier alpha value is -2.29. The van der Waals surface area contributed by atoms with Gasteiger partial charge in [0.25, 0.3) is 5.91 Å². The fraction of sp³-hybridized carbons (Fsp3) is 0.519. The molecule has 2 bridgehead atoms. The number of ether oxygens (including phenoxy) is 1. The average Bonchev–Trinajstić information content (AvgIpc) is 3.43. The van der Waals surface area contributed by atoms with E-state index < -0.39 is 39.4 Å². The molecule has 1 aromatic carbocycles. The van der Waals surface area contributed by atoms with Crippen LogP contribution in [0.3, 0.4) is 0 Å². The number of hydrogen-bond donors (Lipinski definition) is 1. The molecule has 0 radical (unpaired) electrons. The number of benzene rings is 1. The van der Waals surface area contributed by atoms with Gasteiger partial charge in [0.2, 0.25) is 5.91 Å². The van der Waals surface area contributed by atoms with Gasteiger partial charge in [0.05, 0.1) is 29.2 Å². The number of fused-ring (bicyclic) bond motifs is 1. The third-order valence-electron chi connectivity index (χ3n) is 7.84. The molecule has 3 aliphatic rings. The molecule has 36 heavy (non-hydrogen) atoms. The second-order valence-electron chi connectivity index (χ2n) is 9.85. The van der Waals surface area contributed by atoms with Crippen molar-refractivity contribution in [2.45, 2.75) is 54.7 Å². The molecule has 3 aliphatic heterocycles. The number of aliphatic hydroxyl groups is 1. The molecule has 2 unspecified atom stereocenters. The van der Waals surface area contributed by atoms with Crippen molar-refractivity contribution < 1.29 is 24.2 Å². The summed E-state index contributed by atoms with van der Waals surface area (Å²) in [6.07, 6.45) is 4.93. The van der Waals surface area contributed by atoms with Crippen molar-refractivity contribution in [2.75, 3.05) is 24.7 Å². The number of likely N-dealkylation sites (tertiary alicyclic amines) is 1. The molecule has 0 aromatic heterocycles. The molecule has 3 fully saturated rings. The molecule has 194 valence electrons. The molecule has 3 heterocycles. The van der Waals surface area contributed by atoms with Gasteiger partial charge >= 0.3 is 5.97 Å². The summed E-state index contributed by atoms with van der Waals surface area (Å²) in [5.41, 5.74) is 0.638. The number of carbonyl (C=O) groups is 3. The van der Waals surface area contributed by atoms with Crippen molar-refractivity contribution in [1.82, 2.24) is 4.90 Å². The highest BCUT2D eigenvalue weighted by molar-refractivity contribution is 8.02. The Labute approximate surface area is 221 Å². The lowest BCUT2D eigenvalue weighted by atomic mass is 9.66. The number of thioether (sulfide) groups is 1. The topological polar surface area (TPSA) is 87.1 Å². The standard InChI is InChI=1S/C27H33ClN2O5S/c1-5-14-29(19-10-8-17(28)9-11-19)24(33)22-27-13-12-26(4,36-27)21(25(34)35-15-6-2)20(27)23(32)30(22)18(7-3)16-31/h5-6,8-11,18,20-22,31H,1-2,7,12-16H2,3-4H3/t18-,20-,21-,22?,26+,27?/m0/s1. The molecule has 0 aliphatic carbocycles. The van der Waals surface area contributed by atoms with Gasteiger partial charge in [0.1, 0.15) is 12.6 Å². The summed E-state index contributed by atoms with van der Waals surface area (Å²) in [7, 11) is 0. The van der Waals surface area contributed by atoms with E-state index in [0.29, 0.717) is 30.0 Å². The van der Waals surface area contributed by atoms with E-state index in [-0.39, 0.29) is 31.6 Å². The minimum absolute atomic E-state index is 0.0635. The number of hydrogen-bond acceptors (Lipinski definition) is 6. The van der Waals surface area contributed by atoms with Gasteiger partial charge in [-0.05, 0) is 50.5 Å². The van der Waals surface area contributed by atoms with Crippen molar-refractivity contribution in [1.29, 1.82) is 0 Å². The van der Waals surface area contributed by atoms with Crippen molar-refractivity contribution in [3.05, 3.63) is 54.6 Å². The molecule has 7 nitrogen and oxygen atoms in total. The zero-order chi connectivity index (χ0) is 26.3. The van der Waals surface area contributed by atoms with Crippen LogP contribution in [0.15, 0.2) is 49.6 Å². The lowest BCUT2D eigenvalue weighted by Gasteiger charge is -2.39. The summed E-state index contributed by atoms with van der Waals surface area (Å²) < 4.78 is 4.13. The fourth-order valence-electron chi connectivity index (χ4n) is 6.26. The lowest BCUT2D eigenvalue weighted by molar-refractivity contribution is -0.155. The van der Waals surface area contributed by atoms with Gasteiger partial charge in [0, 0.05) is 22.0 Å². The third-order valence-corrected chi connectivity index (χ3v) is 10.1. The molecule has 2 amide bonds. The Bertz CT molecular complexity index is 1060. The van der Waals surface area contributed by atoms with E-state index in [0.717, 1.165) is 0 Å². The number of rotatable bonds is 10. The quantitative estimate of drug-likeness (QED) is 0.364. The Kier molecular flexibility index (Phi) is 7.60. The van der Waals surface area contributed by atoms with Gasteiger partial charge in [-0.3, -0.25) is 14.4 Å². The third kappa shape index (κ3) is 4.07. The zero-order valence-electron chi connectivity index (χ0n) is 20.7. The van der Waals surface area contributed by atoms with Gasteiger partial charge in [-0.1, -0.05) is 37.3 Å². The first kappa shape index (κ1) is 26.8. The second kappa shape index (κ2) is 10.2. The minimum Gasteiger partial charge on any atom is -0.461 e. The van der Waals surface area contributed by atoms with Crippen molar-refractivity contribution in [2.24, 2.45) is 11.8 Å². The van der Waals surface area contributed by atoms with E-state index in [9.17, 15) is 19.5 Å². The highest BCUT2D eigenvalue weighted by Crippen LogP contribution is 2.71. The first-order valence-electron chi connectivity index (χ1n) is 12.3. The van der Waals surface area contributed by atoms with Crippen LogP contribution in [0.5, 0.6) is 0 Å². The number of carbonyl (C=O) groups excluding carboxylic acids is 3. The summed E-state index contributed by atoms with van der Waals surface area (Å²) in [6.45, 7) is 11.3. The largest absolute Gasteiger partial charge is 0.461 e. The fourth-order valence-corrected chi connectivity index (χ4v) is 8.71. The first-order valence-corrected chi connectivity index (χ1v) is 13.5. The first-order chi connectivity index (χ1) is 17.2. The van der Waals surface area contributed by atoms with Gasteiger partial charge in [-0.15, -0.1) is 18.3 Å². The van der Waals surface area contributed by atoms with Crippen molar-refractivity contribution in [3.8, 4) is 0 Å². The molecular formula is C27H33ClN2O5S. The van der Waals surface area contributed by atoms with Crippen LogP contribution in [-0.4, -0.2) is 69.1 Å². The number of halogens is 1. The molecule has 6 atom stereocenters. The van der Waals surface area contributed by atoms with E-state index in [1.807, 2.05) is 13.8 Å². The molecule has 0 saturated carbocycles. The van der Waals surface area contributed by atoms with Gasteiger partial charge in [-0.25, -0.2) is 0 Å². The predicted molar refractivity (Wildman–Crippen MR) is 142 cm³/mol. The van der Waals surface area contributed by atoms with Gasteiger partial charge in [-0.2, -0.15) is 0 Å². The van der Waals surface area contributed by atoms with E-state index in [1.54, 1.807) is 51.9 Å². The smallest absolute Gasteiger partial charge is 0.311 e. The molecule has 1 spiro atoms. The van der Waals surface area contributed by atoms with Crippen LogP contribution in [-0.2, 0) is 19.1 Å². The van der Waals surface area contributed by atoms with E-state index in [2.05, 4.69) is 13.2 Å². The number of anilines is 1. The van der Waals surface area contributed by atoms with Crippen LogP contribution in [0.1, 0.15) is 33.1 Å². The monoisotopic (exact) mass is 532 g/mol. The Morgan fingerprint density at radius 2 is 2.00 bits per heavy atom.